The molecule has 2 rings (SSSR count). The van der Waals surface area contributed by atoms with Crippen LogP contribution in [0.2, 0.25) is 0 Å². The van der Waals surface area contributed by atoms with Gasteiger partial charge in [-0.15, -0.1) is 0 Å². The standard InChI is InChI=1S/C15H19N5O3/c1-10(2)9-23-13-6-4-3-5-11(13)7-17-15-18-8-12(20(21)22)14(16)19-15/h3-6,8,10H,7,9H2,1-2H3,(H3,16,17,18,19). The molecule has 1 aromatic carbocycles. The summed E-state index contributed by atoms with van der Waals surface area (Å²) < 4.78 is 5.77. The van der Waals surface area contributed by atoms with Crippen LogP contribution in [0.3, 0.4) is 0 Å². The fourth-order valence-electron chi connectivity index (χ4n) is 1.84. The number of rotatable bonds is 7. The van der Waals surface area contributed by atoms with Crippen molar-refractivity contribution in [1.82, 2.24) is 9.97 Å². The smallest absolute Gasteiger partial charge is 0.329 e. The van der Waals surface area contributed by atoms with Crippen LogP contribution < -0.4 is 15.8 Å². The van der Waals surface area contributed by atoms with Gasteiger partial charge in [0.05, 0.1) is 11.5 Å². The zero-order valence-electron chi connectivity index (χ0n) is 13.0. The Morgan fingerprint density at radius 3 is 2.78 bits per heavy atom. The Kier molecular flexibility index (Phi) is 5.29. The van der Waals surface area contributed by atoms with E-state index in [1.54, 1.807) is 0 Å². The molecule has 0 amide bonds. The van der Waals surface area contributed by atoms with Crippen LogP contribution in [0.1, 0.15) is 19.4 Å². The number of nitrogen functional groups attached to an aromatic ring is 1. The Morgan fingerprint density at radius 2 is 2.13 bits per heavy atom. The molecule has 0 fully saturated rings. The summed E-state index contributed by atoms with van der Waals surface area (Å²) in [5.74, 6) is 1.26. The van der Waals surface area contributed by atoms with Gasteiger partial charge in [-0.3, -0.25) is 10.1 Å². The highest BCUT2D eigenvalue weighted by Crippen LogP contribution is 2.21. The number of anilines is 2. The van der Waals surface area contributed by atoms with Crippen molar-refractivity contribution in [2.45, 2.75) is 20.4 Å². The number of nitrogens with two attached hydrogens (primary N) is 1. The van der Waals surface area contributed by atoms with Crippen LogP contribution in [0, 0.1) is 16.0 Å². The van der Waals surface area contributed by atoms with Crippen molar-refractivity contribution in [2.75, 3.05) is 17.7 Å². The summed E-state index contributed by atoms with van der Waals surface area (Å²) in [6.07, 6.45) is 1.09. The van der Waals surface area contributed by atoms with Crippen molar-refractivity contribution in [3.8, 4) is 5.75 Å². The highest BCUT2D eigenvalue weighted by atomic mass is 16.6. The van der Waals surface area contributed by atoms with Crippen LogP contribution >= 0.6 is 0 Å². The number of nitrogens with zero attached hydrogens (tertiary/aromatic N) is 3. The molecular formula is C15H19N5O3. The van der Waals surface area contributed by atoms with Crippen molar-refractivity contribution >= 4 is 17.5 Å². The second kappa shape index (κ2) is 7.39. The Bertz CT molecular complexity index is 691. The second-order valence-electron chi connectivity index (χ2n) is 5.39. The molecule has 0 bridgehead atoms. The van der Waals surface area contributed by atoms with Crippen molar-refractivity contribution in [3.63, 3.8) is 0 Å². The van der Waals surface area contributed by atoms with E-state index in [2.05, 4.69) is 29.1 Å². The number of hydrogen-bond donors (Lipinski definition) is 2. The van der Waals surface area contributed by atoms with Crippen molar-refractivity contribution in [1.29, 1.82) is 0 Å². The van der Waals surface area contributed by atoms with Crippen molar-refractivity contribution in [2.24, 2.45) is 5.92 Å². The lowest BCUT2D eigenvalue weighted by Gasteiger charge is -2.13. The molecule has 3 N–H and O–H groups in total. The Morgan fingerprint density at radius 1 is 1.39 bits per heavy atom. The number of benzene rings is 1. The van der Waals surface area contributed by atoms with Gasteiger partial charge >= 0.3 is 5.69 Å². The molecule has 122 valence electrons. The average molecular weight is 317 g/mol. The molecule has 0 unspecified atom stereocenters. The number of aromatic nitrogens is 2. The molecule has 0 aliphatic carbocycles. The van der Waals surface area contributed by atoms with E-state index in [4.69, 9.17) is 10.5 Å². The third-order valence-electron chi connectivity index (χ3n) is 2.98. The number of ether oxygens (including phenoxy) is 1. The monoisotopic (exact) mass is 317 g/mol. The zero-order chi connectivity index (χ0) is 16.8. The SMILES string of the molecule is CC(C)COc1ccccc1CNc1ncc([N+](=O)[O-])c(N)n1. The molecular weight excluding hydrogens is 298 g/mol. The molecule has 8 heteroatoms. The first-order chi connectivity index (χ1) is 11.0. The van der Waals surface area contributed by atoms with Gasteiger partial charge in [0, 0.05) is 12.1 Å². The zero-order valence-corrected chi connectivity index (χ0v) is 13.0. The van der Waals surface area contributed by atoms with Gasteiger partial charge in [-0.1, -0.05) is 32.0 Å². The molecule has 0 spiro atoms. The maximum absolute atomic E-state index is 10.7. The van der Waals surface area contributed by atoms with Gasteiger partial charge in [0.25, 0.3) is 0 Å². The predicted molar refractivity (Wildman–Crippen MR) is 87.2 cm³/mol. The third-order valence-corrected chi connectivity index (χ3v) is 2.98. The van der Waals surface area contributed by atoms with Gasteiger partial charge in [-0.05, 0) is 12.0 Å². The van der Waals surface area contributed by atoms with Crippen LogP contribution in [0.4, 0.5) is 17.5 Å². The summed E-state index contributed by atoms with van der Waals surface area (Å²) in [4.78, 5) is 17.9. The largest absolute Gasteiger partial charge is 0.493 e. The third kappa shape index (κ3) is 4.53. The molecule has 2 aromatic rings. The first kappa shape index (κ1) is 16.5. The van der Waals surface area contributed by atoms with Crippen LogP contribution in [0.25, 0.3) is 0 Å². The first-order valence-corrected chi connectivity index (χ1v) is 7.19. The maximum Gasteiger partial charge on any atom is 0.329 e. The summed E-state index contributed by atoms with van der Waals surface area (Å²) in [5, 5.41) is 13.7. The van der Waals surface area contributed by atoms with Gasteiger partial charge in [0.1, 0.15) is 11.9 Å². The van der Waals surface area contributed by atoms with E-state index in [1.807, 2.05) is 24.3 Å². The summed E-state index contributed by atoms with van der Waals surface area (Å²) in [6.45, 7) is 5.20. The minimum atomic E-state index is -0.617. The second-order valence-corrected chi connectivity index (χ2v) is 5.39. The molecule has 0 saturated carbocycles. The van der Waals surface area contributed by atoms with Crippen molar-refractivity contribution < 1.29 is 9.66 Å². The van der Waals surface area contributed by atoms with E-state index in [-0.39, 0.29) is 17.5 Å². The lowest BCUT2D eigenvalue weighted by atomic mass is 10.2. The van der Waals surface area contributed by atoms with Crippen LogP contribution in [-0.4, -0.2) is 21.5 Å². The van der Waals surface area contributed by atoms with Gasteiger partial charge < -0.3 is 15.8 Å². The fourth-order valence-corrected chi connectivity index (χ4v) is 1.84. The van der Waals surface area contributed by atoms with E-state index in [0.29, 0.717) is 19.1 Å². The quantitative estimate of drug-likeness (QED) is 0.595. The number of nitrogens with one attached hydrogen (secondary N) is 1. The van der Waals surface area contributed by atoms with Gasteiger partial charge in [0.15, 0.2) is 0 Å². The molecule has 1 aromatic heterocycles. The number of hydrogen-bond acceptors (Lipinski definition) is 7. The van der Waals surface area contributed by atoms with Gasteiger partial charge in [-0.25, -0.2) is 4.98 Å². The van der Waals surface area contributed by atoms with E-state index in [1.165, 1.54) is 0 Å². The molecule has 0 aliphatic heterocycles. The topological polar surface area (TPSA) is 116 Å². The summed E-state index contributed by atoms with van der Waals surface area (Å²) in [7, 11) is 0. The lowest BCUT2D eigenvalue weighted by molar-refractivity contribution is -0.384. The van der Waals surface area contributed by atoms with Gasteiger partial charge in [0.2, 0.25) is 11.8 Å². The molecule has 1 heterocycles. The highest BCUT2D eigenvalue weighted by molar-refractivity contribution is 5.53. The first-order valence-electron chi connectivity index (χ1n) is 7.19. The Balaban J connectivity index is 2.06. The minimum Gasteiger partial charge on any atom is -0.493 e. The lowest BCUT2D eigenvalue weighted by Crippen LogP contribution is -2.10. The number of para-hydroxylation sites is 1. The maximum atomic E-state index is 10.7. The molecule has 8 nitrogen and oxygen atoms in total. The van der Waals surface area contributed by atoms with Crippen LogP contribution in [-0.2, 0) is 6.54 Å². The highest BCUT2D eigenvalue weighted by Gasteiger charge is 2.14. The van der Waals surface area contributed by atoms with E-state index in [9.17, 15) is 10.1 Å². The minimum absolute atomic E-state index is 0.170. The molecule has 0 atom stereocenters. The summed E-state index contributed by atoms with van der Waals surface area (Å²) >= 11 is 0. The molecule has 0 aliphatic rings. The van der Waals surface area contributed by atoms with Crippen LogP contribution in [0.15, 0.2) is 30.5 Å². The normalized spacial score (nSPS) is 10.6. The van der Waals surface area contributed by atoms with E-state index >= 15 is 0 Å². The van der Waals surface area contributed by atoms with E-state index < -0.39 is 4.92 Å². The Labute approximate surface area is 133 Å². The molecule has 0 saturated heterocycles. The van der Waals surface area contributed by atoms with Crippen molar-refractivity contribution in [3.05, 3.63) is 46.1 Å². The molecule has 23 heavy (non-hydrogen) atoms. The fraction of sp³-hybridized carbons (Fsp3) is 0.333. The van der Waals surface area contributed by atoms with Crippen LogP contribution in [0.5, 0.6) is 5.75 Å². The van der Waals surface area contributed by atoms with E-state index in [0.717, 1.165) is 17.5 Å². The molecule has 0 radical (unpaired) electrons. The average Bonchev–Trinajstić information content (AvgIpc) is 2.51. The summed E-state index contributed by atoms with van der Waals surface area (Å²) in [6, 6.07) is 7.63. The summed E-state index contributed by atoms with van der Waals surface area (Å²) in [5.41, 5.74) is 6.17. The number of nitro groups is 1. The predicted octanol–water partition coefficient (Wildman–Crippen LogP) is 2.61. The van der Waals surface area contributed by atoms with Gasteiger partial charge in [-0.2, -0.15) is 4.98 Å². The Hall–Kier alpha value is -2.90.